The number of carbonyl (C=O) groups excluding carboxylic acids is 2. The van der Waals surface area contributed by atoms with Crippen LogP contribution in [0, 0.1) is 0 Å². The Balaban J connectivity index is 2.33. The molecule has 0 saturated heterocycles. The molecule has 1 aromatic rings. The summed E-state index contributed by atoms with van der Waals surface area (Å²) in [6, 6.07) is 9.79. The summed E-state index contributed by atoms with van der Waals surface area (Å²) < 4.78 is 0. The molecule has 19 heavy (non-hydrogen) atoms. The monoisotopic (exact) mass is 252 g/mol. The van der Waals surface area contributed by atoms with Crippen molar-refractivity contribution in [1.29, 1.82) is 0 Å². The Bertz CT molecular complexity index is 602. The van der Waals surface area contributed by atoms with Gasteiger partial charge in [0.2, 0.25) is 0 Å². The average molecular weight is 252 g/mol. The highest BCUT2D eigenvalue weighted by Crippen LogP contribution is 2.26. The van der Waals surface area contributed by atoms with E-state index in [-0.39, 0.29) is 11.6 Å². The quantitative estimate of drug-likeness (QED) is 0.596. The molecule has 0 aliphatic heterocycles. The maximum absolute atomic E-state index is 12.0. The van der Waals surface area contributed by atoms with Gasteiger partial charge in [-0.15, -0.1) is 0 Å². The van der Waals surface area contributed by atoms with Crippen LogP contribution in [0.2, 0.25) is 0 Å². The zero-order valence-corrected chi connectivity index (χ0v) is 11.4. The second kappa shape index (κ2) is 5.19. The van der Waals surface area contributed by atoms with Crippen LogP contribution in [-0.4, -0.2) is 11.6 Å². The van der Waals surface area contributed by atoms with Crippen molar-refractivity contribution in [3.8, 4) is 0 Å². The Morgan fingerprint density at radius 1 is 0.947 bits per heavy atom. The molecule has 0 fully saturated rings. The molecule has 0 atom stereocenters. The first-order chi connectivity index (χ1) is 9.02. The largest absolute Gasteiger partial charge is 0.289 e. The van der Waals surface area contributed by atoms with E-state index in [4.69, 9.17) is 0 Å². The summed E-state index contributed by atoms with van der Waals surface area (Å²) in [5.74, 6) is -0.282. The molecule has 96 valence electrons. The molecule has 0 radical (unpaired) electrons. The lowest BCUT2D eigenvalue weighted by Crippen LogP contribution is -2.05. The van der Waals surface area contributed by atoms with Gasteiger partial charge in [0, 0.05) is 11.1 Å². The Hall–Kier alpha value is -2.22. The Morgan fingerprint density at radius 3 is 2.00 bits per heavy atom. The number of carbonyl (C=O) groups is 2. The third-order valence-corrected chi connectivity index (χ3v) is 3.42. The number of Topliss-reactive ketones (excluding diaryl/α,β-unsaturated/α-hetero) is 2. The molecule has 0 amide bonds. The van der Waals surface area contributed by atoms with E-state index in [2.05, 4.69) is 0 Å². The van der Waals surface area contributed by atoms with Crippen molar-refractivity contribution in [2.75, 3.05) is 0 Å². The zero-order valence-electron chi connectivity index (χ0n) is 11.4. The lowest BCUT2D eigenvalue weighted by Gasteiger charge is -1.99. The van der Waals surface area contributed by atoms with E-state index < -0.39 is 0 Å². The normalized spacial score (nSPS) is 15.8. The van der Waals surface area contributed by atoms with Gasteiger partial charge in [-0.3, -0.25) is 9.59 Å². The van der Waals surface area contributed by atoms with Crippen molar-refractivity contribution in [2.45, 2.75) is 20.8 Å². The lowest BCUT2D eigenvalue weighted by atomic mass is 10.0. The van der Waals surface area contributed by atoms with Crippen molar-refractivity contribution in [3.05, 3.63) is 64.3 Å². The molecule has 0 unspecified atom stereocenters. The van der Waals surface area contributed by atoms with Crippen LogP contribution in [0.3, 0.4) is 0 Å². The highest BCUT2D eigenvalue weighted by molar-refractivity contribution is 6.38. The third-order valence-electron chi connectivity index (χ3n) is 3.42. The molecule has 1 aromatic carbocycles. The van der Waals surface area contributed by atoms with Crippen LogP contribution in [0.4, 0.5) is 0 Å². The minimum absolute atomic E-state index is 0.141. The molecule has 0 spiro atoms. The fourth-order valence-corrected chi connectivity index (χ4v) is 2.05. The maximum atomic E-state index is 12.0. The van der Waals surface area contributed by atoms with Crippen molar-refractivity contribution in [3.63, 3.8) is 0 Å². The van der Waals surface area contributed by atoms with E-state index in [1.807, 2.05) is 42.5 Å². The van der Waals surface area contributed by atoms with Gasteiger partial charge in [-0.1, -0.05) is 42.5 Å². The molecular formula is C17H16O2. The van der Waals surface area contributed by atoms with E-state index in [0.29, 0.717) is 16.7 Å². The number of ketones is 2. The van der Waals surface area contributed by atoms with Gasteiger partial charge in [-0.25, -0.2) is 0 Å². The summed E-state index contributed by atoms with van der Waals surface area (Å²) in [4.78, 5) is 24.0. The van der Waals surface area contributed by atoms with Gasteiger partial charge in [0.25, 0.3) is 0 Å². The van der Waals surface area contributed by atoms with E-state index >= 15 is 0 Å². The van der Waals surface area contributed by atoms with E-state index in [1.54, 1.807) is 20.8 Å². The van der Waals surface area contributed by atoms with Crippen LogP contribution in [0.5, 0.6) is 0 Å². The predicted molar refractivity (Wildman–Crippen MR) is 76.6 cm³/mol. The predicted octanol–water partition coefficient (Wildman–Crippen LogP) is 3.50. The molecule has 2 heteroatoms. The van der Waals surface area contributed by atoms with Crippen molar-refractivity contribution < 1.29 is 9.59 Å². The van der Waals surface area contributed by atoms with E-state index in [0.717, 1.165) is 11.1 Å². The van der Waals surface area contributed by atoms with Crippen LogP contribution >= 0.6 is 0 Å². The second-order valence-corrected chi connectivity index (χ2v) is 4.71. The fraction of sp³-hybridized carbons (Fsp3) is 0.176. The first kappa shape index (κ1) is 13.2. The summed E-state index contributed by atoms with van der Waals surface area (Å²) in [5.41, 5.74) is 3.19. The third kappa shape index (κ3) is 2.48. The standard InChI is InChI=1S/C17H16O2/c1-11(9-10-14-7-5-4-6-8-14)15-16(18)12(2)13(3)17(15)19/h4-10H,1-3H3/b10-9+. The summed E-state index contributed by atoms with van der Waals surface area (Å²) in [7, 11) is 0. The van der Waals surface area contributed by atoms with Crippen LogP contribution in [0.25, 0.3) is 6.08 Å². The molecule has 0 aromatic heterocycles. The molecule has 1 aliphatic rings. The molecular weight excluding hydrogens is 236 g/mol. The van der Waals surface area contributed by atoms with Crippen molar-refractivity contribution >= 4 is 17.6 Å². The summed E-state index contributed by atoms with van der Waals surface area (Å²) in [5, 5.41) is 0. The fourth-order valence-electron chi connectivity index (χ4n) is 2.05. The molecule has 2 nitrogen and oxygen atoms in total. The second-order valence-electron chi connectivity index (χ2n) is 4.71. The van der Waals surface area contributed by atoms with Gasteiger partial charge >= 0.3 is 0 Å². The van der Waals surface area contributed by atoms with Gasteiger partial charge in [-0.2, -0.15) is 0 Å². The minimum Gasteiger partial charge on any atom is -0.289 e. The van der Waals surface area contributed by atoms with Crippen LogP contribution < -0.4 is 0 Å². The highest BCUT2D eigenvalue weighted by atomic mass is 16.2. The smallest absolute Gasteiger partial charge is 0.193 e. The summed E-state index contributed by atoms with van der Waals surface area (Å²) >= 11 is 0. The first-order valence-electron chi connectivity index (χ1n) is 6.23. The van der Waals surface area contributed by atoms with Crippen LogP contribution in [0.1, 0.15) is 26.3 Å². The van der Waals surface area contributed by atoms with E-state index in [1.165, 1.54) is 0 Å². The summed E-state index contributed by atoms with van der Waals surface area (Å²) in [6.07, 6.45) is 3.73. The van der Waals surface area contributed by atoms with Gasteiger partial charge in [0.15, 0.2) is 11.6 Å². The van der Waals surface area contributed by atoms with Gasteiger partial charge in [0.1, 0.15) is 0 Å². The molecule has 2 rings (SSSR count). The average Bonchev–Trinajstić information content (AvgIpc) is 2.62. The minimum atomic E-state index is -0.141. The van der Waals surface area contributed by atoms with Crippen LogP contribution in [-0.2, 0) is 9.59 Å². The summed E-state index contributed by atoms with van der Waals surface area (Å²) in [6.45, 7) is 5.21. The molecule has 1 aliphatic carbocycles. The molecule has 0 heterocycles. The number of rotatable bonds is 2. The first-order valence-corrected chi connectivity index (χ1v) is 6.23. The topological polar surface area (TPSA) is 34.1 Å². The van der Waals surface area contributed by atoms with Crippen molar-refractivity contribution in [1.82, 2.24) is 0 Å². The Morgan fingerprint density at radius 2 is 1.47 bits per heavy atom. The Labute approximate surface area is 113 Å². The van der Waals surface area contributed by atoms with Gasteiger partial charge in [-0.05, 0) is 31.9 Å². The van der Waals surface area contributed by atoms with Crippen LogP contribution in [0.15, 0.2) is 58.7 Å². The van der Waals surface area contributed by atoms with Crippen molar-refractivity contribution in [2.24, 2.45) is 0 Å². The molecule has 0 N–H and O–H groups in total. The number of hydrogen-bond donors (Lipinski definition) is 0. The molecule has 0 saturated carbocycles. The van der Waals surface area contributed by atoms with E-state index in [9.17, 15) is 9.59 Å². The Kier molecular flexibility index (Phi) is 3.61. The number of hydrogen-bond acceptors (Lipinski definition) is 2. The number of benzene rings is 1. The van der Waals surface area contributed by atoms with Gasteiger partial charge < -0.3 is 0 Å². The number of allylic oxidation sites excluding steroid dienone is 5. The molecule has 0 bridgehead atoms. The van der Waals surface area contributed by atoms with Gasteiger partial charge in [0.05, 0.1) is 5.57 Å². The maximum Gasteiger partial charge on any atom is 0.193 e. The highest BCUT2D eigenvalue weighted by Gasteiger charge is 2.31. The zero-order chi connectivity index (χ0) is 14.0. The lowest BCUT2D eigenvalue weighted by molar-refractivity contribution is -0.116. The SMILES string of the molecule is CC(/C=C/c1ccccc1)=C1C(=O)C(C)=C(C)C1=O.